The monoisotopic (exact) mass is 450 g/mol. The third-order valence-electron chi connectivity index (χ3n) is 5.17. The molecule has 0 aliphatic carbocycles. The van der Waals surface area contributed by atoms with Gasteiger partial charge in [0.2, 0.25) is 6.17 Å². The van der Waals surface area contributed by atoms with Crippen LogP contribution in [0, 0.1) is 12.7 Å². The Hall–Kier alpha value is -3.71. The number of benzodiazepines with no additional fused rings is 1. The Morgan fingerprint density at radius 2 is 1.75 bits per heavy atom. The Balaban J connectivity index is 1.70. The summed E-state index contributed by atoms with van der Waals surface area (Å²) in [4.78, 5) is 31.6. The Morgan fingerprint density at radius 1 is 1.06 bits per heavy atom. The van der Waals surface area contributed by atoms with Gasteiger partial charge in [0, 0.05) is 28.9 Å². The molecule has 0 aromatic heterocycles. The first-order chi connectivity index (χ1) is 15.3. The van der Waals surface area contributed by atoms with E-state index < -0.39 is 23.9 Å². The molecule has 3 amide bonds. The average molecular weight is 451 g/mol. The van der Waals surface area contributed by atoms with Gasteiger partial charge in [-0.25, -0.2) is 14.2 Å². The molecule has 0 saturated heterocycles. The SMILES string of the molecule is Cc1ccc(NC(=O)NC2N=C(c3ccccc3F)c3ccccc3N(C)C2=O)cc1Cl. The zero-order chi connectivity index (χ0) is 22.8. The Kier molecular flexibility index (Phi) is 5.92. The molecule has 1 heterocycles. The van der Waals surface area contributed by atoms with Crippen molar-refractivity contribution in [2.24, 2.45) is 4.99 Å². The minimum atomic E-state index is -1.26. The van der Waals surface area contributed by atoms with Crippen LogP contribution < -0.4 is 15.5 Å². The minimum absolute atomic E-state index is 0.237. The molecule has 2 N–H and O–H groups in total. The van der Waals surface area contributed by atoms with Gasteiger partial charge in [-0.05, 0) is 42.8 Å². The highest BCUT2D eigenvalue weighted by molar-refractivity contribution is 6.31. The number of para-hydroxylation sites is 1. The maximum absolute atomic E-state index is 14.7. The molecule has 162 valence electrons. The molecule has 3 aromatic rings. The predicted molar refractivity (Wildman–Crippen MR) is 124 cm³/mol. The topological polar surface area (TPSA) is 73.8 Å². The molecule has 1 aliphatic heterocycles. The first-order valence-electron chi connectivity index (χ1n) is 9.88. The van der Waals surface area contributed by atoms with Crippen LogP contribution in [0.5, 0.6) is 0 Å². The van der Waals surface area contributed by atoms with E-state index in [4.69, 9.17) is 11.6 Å². The Morgan fingerprint density at radius 3 is 2.47 bits per heavy atom. The lowest BCUT2D eigenvalue weighted by molar-refractivity contribution is -0.119. The molecule has 0 saturated carbocycles. The van der Waals surface area contributed by atoms with Crippen molar-refractivity contribution >= 4 is 40.6 Å². The highest BCUT2D eigenvalue weighted by Gasteiger charge is 2.31. The van der Waals surface area contributed by atoms with Gasteiger partial charge in [0.15, 0.2) is 0 Å². The summed E-state index contributed by atoms with van der Waals surface area (Å²) in [5.41, 5.74) is 3.00. The third-order valence-corrected chi connectivity index (χ3v) is 5.58. The maximum Gasteiger partial charge on any atom is 0.321 e. The second-order valence-corrected chi connectivity index (χ2v) is 7.74. The summed E-state index contributed by atoms with van der Waals surface area (Å²) in [5, 5.41) is 5.74. The summed E-state index contributed by atoms with van der Waals surface area (Å²) >= 11 is 6.12. The quantitative estimate of drug-likeness (QED) is 0.604. The molecular formula is C24H20ClFN4O2. The zero-order valence-corrected chi connectivity index (χ0v) is 18.2. The van der Waals surface area contributed by atoms with Crippen LogP contribution in [0.1, 0.15) is 16.7 Å². The van der Waals surface area contributed by atoms with E-state index >= 15 is 0 Å². The largest absolute Gasteiger partial charge is 0.321 e. The second kappa shape index (κ2) is 8.80. The van der Waals surface area contributed by atoms with Gasteiger partial charge in [-0.1, -0.05) is 48.0 Å². The normalized spacial score (nSPS) is 15.5. The lowest BCUT2D eigenvalue weighted by Crippen LogP contribution is -2.47. The molecule has 0 fully saturated rings. The number of hydrogen-bond acceptors (Lipinski definition) is 3. The van der Waals surface area contributed by atoms with E-state index in [2.05, 4.69) is 15.6 Å². The second-order valence-electron chi connectivity index (χ2n) is 7.34. The van der Waals surface area contributed by atoms with Crippen molar-refractivity contribution in [1.29, 1.82) is 0 Å². The zero-order valence-electron chi connectivity index (χ0n) is 17.4. The number of rotatable bonds is 3. The van der Waals surface area contributed by atoms with Gasteiger partial charge in [0.1, 0.15) is 5.82 Å². The molecule has 8 heteroatoms. The fourth-order valence-electron chi connectivity index (χ4n) is 3.45. The van der Waals surface area contributed by atoms with E-state index in [1.54, 1.807) is 67.7 Å². The third kappa shape index (κ3) is 4.20. The Labute approximate surface area is 189 Å². The summed E-state index contributed by atoms with van der Waals surface area (Å²) < 4.78 is 14.7. The summed E-state index contributed by atoms with van der Waals surface area (Å²) in [6.45, 7) is 1.85. The predicted octanol–water partition coefficient (Wildman–Crippen LogP) is 4.75. The van der Waals surface area contributed by atoms with E-state index in [1.807, 2.05) is 6.92 Å². The maximum atomic E-state index is 14.7. The van der Waals surface area contributed by atoms with Crippen molar-refractivity contribution in [1.82, 2.24) is 5.32 Å². The number of nitrogens with zero attached hydrogens (tertiary/aromatic N) is 2. The van der Waals surface area contributed by atoms with Gasteiger partial charge in [0.05, 0.1) is 11.4 Å². The van der Waals surface area contributed by atoms with Crippen LogP contribution in [0.3, 0.4) is 0 Å². The number of amides is 3. The number of benzene rings is 3. The van der Waals surface area contributed by atoms with Crippen molar-refractivity contribution in [3.05, 3.63) is 94.3 Å². The standard InChI is InChI=1S/C24H20ClFN4O2/c1-14-11-12-15(13-18(14)25)27-24(32)29-22-23(31)30(2)20-10-6-4-8-17(20)21(28-22)16-7-3-5-9-19(16)26/h3-13,22H,1-2H3,(H2,27,29,32). The lowest BCUT2D eigenvalue weighted by Gasteiger charge is -2.21. The molecule has 4 rings (SSSR count). The van der Waals surface area contributed by atoms with Gasteiger partial charge in [-0.15, -0.1) is 0 Å². The molecule has 1 atom stereocenters. The fraction of sp³-hybridized carbons (Fsp3) is 0.125. The lowest BCUT2D eigenvalue weighted by atomic mass is 10.00. The first kappa shape index (κ1) is 21.5. The van der Waals surface area contributed by atoms with Crippen molar-refractivity contribution < 1.29 is 14.0 Å². The average Bonchev–Trinajstić information content (AvgIpc) is 2.87. The van der Waals surface area contributed by atoms with Crippen LogP contribution in [-0.4, -0.2) is 30.9 Å². The first-order valence-corrected chi connectivity index (χ1v) is 10.3. The highest BCUT2D eigenvalue weighted by atomic mass is 35.5. The molecule has 0 spiro atoms. The molecule has 0 radical (unpaired) electrons. The number of fused-ring (bicyclic) bond motifs is 1. The summed E-state index contributed by atoms with van der Waals surface area (Å²) in [6.07, 6.45) is -1.26. The number of halogens is 2. The van der Waals surface area contributed by atoms with Crippen molar-refractivity contribution in [2.45, 2.75) is 13.1 Å². The Bertz CT molecular complexity index is 1240. The van der Waals surface area contributed by atoms with Crippen LogP contribution in [-0.2, 0) is 4.79 Å². The molecule has 3 aromatic carbocycles. The van der Waals surface area contributed by atoms with Gasteiger partial charge in [-0.2, -0.15) is 0 Å². The molecule has 6 nitrogen and oxygen atoms in total. The number of aryl methyl sites for hydroxylation is 1. The van der Waals surface area contributed by atoms with Crippen LogP contribution in [0.2, 0.25) is 5.02 Å². The molecular weight excluding hydrogens is 431 g/mol. The number of likely N-dealkylation sites (N-methyl/N-ethyl adjacent to an activating group) is 1. The van der Waals surface area contributed by atoms with Gasteiger partial charge < -0.3 is 15.5 Å². The smallest absolute Gasteiger partial charge is 0.311 e. The number of aliphatic imine (C=N–C) groups is 1. The highest BCUT2D eigenvalue weighted by Crippen LogP contribution is 2.28. The number of carbonyl (C=O) groups excluding carboxylic acids is 2. The molecule has 0 bridgehead atoms. The van der Waals surface area contributed by atoms with Crippen molar-refractivity contribution in [2.75, 3.05) is 17.3 Å². The van der Waals surface area contributed by atoms with Gasteiger partial charge in [0.25, 0.3) is 5.91 Å². The van der Waals surface area contributed by atoms with Gasteiger partial charge >= 0.3 is 6.03 Å². The van der Waals surface area contributed by atoms with Crippen LogP contribution >= 0.6 is 11.6 Å². The number of nitrogens with one attached hydrogen (secondary N) is 2. The number of urea groups is 1. The number of carbonyl (C=O) groups is 2. The summed E-state index contributed by atoms with van der Waals surface area (Å²) in [6, 6.07) is 17.7. The van der Waals surface area contributed by atoms with Crippen LogP contribution in [0.25, 0.3) is 0 Å². The molecule has 1 unspecified atom stereocenters. The van der Waals surface area contributed by atoms with Crippen molar-refractivity contribution in [3.8, 4) is 0 Å². The summed E-state index contributed by atoms with van der Waals surface area (Å²) in [7, 11) is 1.59. The summed E-state index contributed by atoms with van der Waals surface area (Å²) in [5.74, 6) is -0.934. The van der Waals surface area contributed by atoms with E-state index in [0.29, 0.717) is 22.0 Å². The van der Waals surface area contributed by atoms with E-state index in [-0.39, 0.29) is 11.3 Å². The number of hydrogen-bond donors (Lipinski definition) is 2. The molecule has 32 heavy (non-hydrogen) atoms. The molecule has 1 aliphatic rings. The number of anilines is 2. The van der Waals surface area contributed by atoms with Crippen LogP contribution in [0.15, 0.2) is 71.7 Å². The van der Waals surface area contributed by atoms with Gasteiger partial charge in [-0.3, -0.25) is 4.79 Å². The minimum Gasteiger partial charge on any atom is -0.311 e. The van der Waals surface area contributed by atoms with E-state index in [0.717, 1.165) is 5.56 Å². The van der Waals surface area contributed by atoms with E-state index in [1.165, 1.54) is 11.0 Å². The van der Waals surface area contributed by atoms with Crippen LogP contribution in [0.4, 0.5) is 20.6 Å². The van der Waals surface area contributed by atoms with E-state index in [9.17, 15) is 14.0 Å². The fourth-order valence-corrected chi connectivity index (χ4v) is 3.63. The van der Waals surface area contributed by atoms with Crippen molar-refractivity contribution in [3.63, 3.8) is 0 Å².